The smallest absolute Gasteiger partial charge is 0.191 e. The quantitative estimate of drug-likeness (QED) is 0.558. The lowest BCUT2D eigenvalue weighted by molar-refractivity contribution is 0.206. The third-order valence-electron chi connectivity index (χ3n) is 2.69. The molecule has 0 aliphatic heterocycles. The van der Waals surface area contributed by atoms with Crippen LogP contribution in [0.1, 0.15) is 41.0 Å². The number of hydrogen-bond acceptors (Lipinski definition) is 1. The van der Waals surface area contributed by atoms with E-state index in [1.54, 1.807) is 0 Å². The second kappa shape index (κ2) is 5.23. The van der Waals surface area contributed by atoms with Crippen LogP contribution in [0.3, 0.4) is 0 Å². The van der Waals surface area contributed by atoms with E-state index in [2.05, 4.69) is 44.5 Å². The molecule has 1 atom stereocenters. The predicted molar refractivity (Wildman–Crippen MR) is 63.5 cm³/mol. The summed E-state index contributed by atoms with van der Waals surface area (Å²) in [6.45, 7) is 11.7. The van der Waals surface area contributed by atoms with E-state index in [9.17, 15) is 0 Å². The van der Waals surface area contributed by atoms with E-state index in [-0.39, 0.29) is 5.41 Å². The van der Waals surface area contributed by atoms with Crippen LogP contribution in [0.15, 0.2) is 4.99 Å². The fourth-order valence-corrected chi connectivity index (χ4v) is 1.12. The first-order chi connectivity index (χ1) is 6.30. The molecule has 84 valence electrons. The van der Waals surface area contributed by atoms with E-state index in [0.717, 1.165) is 13.0 Å². The van der Waals surface area contributed by atoms with E-state index < -0.39 is 0 Å². The number of aliphatic imine (C=N–C) groups is 1. The molecule has 0 aromatic rings. The van der Waals surface area contributed by atoms with E-state index in [0.29, 0.717) is 12.0 Å². The lowest BCUT2D eigenvalue weighted by atomic mass is 9.87. The molecule has 0 spiro atoms. The molecule has 14 heavy (non-hydrogen) atoms. The molecule has 0 fully saturated rings. The predicted octanol–water partition coefficient (Wildman–Crippen LogP) is 2.08. The van der Waals surface area contributed by atoms with Gasteiger partial charge in [-0.05, 0) is 18.8 Å². The third-order valence-corrected chi connectivity index (χ3v) is 2.69. The van der Waals surface area contributed by atoms with E-state index >= 15 is 0 Å². The standard InChI is InChI=1S/C11H25N3/c1-7-8-13-10(12)14(6)9(2)11(3,4)5/h9H,7-8H2,1-6H3,(H2,12,13). The van der Waals surface area contributed by atoms with Gasteiger partial charge in [0.15, 0.2) is 5.96 Å². The van der Waals surface area contributed by atoms with Crippen LogP contribution < -0.4 is 5.73 Å². The van der Waals surface area contributed by atoms with E-state index in [4.69, 9.17) is 5.73 Å². The van der Waals surface area contributed by atoms with Crippen LogP contribution in [0.25, 0.3) is 0 Å². The number of guanidine groups is 1. The molecule has 0 amide bonds. The van der Waals surface area contributed by atoms with Gasteiger partial charge in [0.1, 0.15) is 0 Å². The number of rotatable bonds is 3. The summed E-state index contributed by atoms with van der Waals surface area (Å²) in [4.78, 5) is 6.35. The summed E-state index contributed by atoms with van der Waals surface area (Å²) >= 11 is 0. The van der Waals surface area contributed by atoms with Crippen molar-refractivity contribution in [1.29, 1.82) is 0 Å². The van der Waals surface area contributed by atoms with Gasteiger partial charge < -0.3 is 10.6 Å². The molecular weight excluding hydrogens is 174 g/mol. The summed E-state index contributed by atoms with van der Waals surface area (Å²) in [5, 5.41) is 0. The third kappa shape index (κ3) is 3.99. The highest BCUT2D eigenvalue weighted by Gasteiger charge is 2.24. The van der Waals surface area contributed by atoms with Gasteiger partial charge in [-0.3, -0.25) is 4.99 Å². The molecule has 0 bridgehead atoms. The maximum Gasteiger partial charge on any atom is 0.191 e. The number of nitrogens with zero attached hydrogens (tertiary/aromatic N) is 2. The van der Waals surface area contributed by atoms with Crippen LogP contribution in [-0.2, 0) is 0 Å². The van der Waals surface area contributed by atoms with Gasteiger partial charge in [-0.15, -0.1) is 0 Å². The summed E-state index contributed by atoms with van der Waals surface area (Å²) in [6.07, 6.45) is 1.04. The first kappa shape index (κ1) is 13.3. The zero-order valence-corrected chi connectivity index (χ0v) is 10.5. The lowest BCUT2D eigenvalue weighted by Gasteiger charge is -2.36. The molecular formula is C11H25N3. The Labute approximate surface area is 88.4 Å². The summed E-state index contributed by atoms with van der Waals surface area (Å²) in [7, 11) is 2.00. The Morgan fingerprint density at radius 1 is 1.43 bits per heavy atom. The van der Waals surface area contributed by atoms with Crippen LogP contribution in [0, 0.1) is 5.41 Å². The molecule has 3 nitrogen and oxygen atoms in total. The van der Waals surface area contributed by atoms with Crippen molar-refractivity contribution in [1.82, 2.24) is 4.90 Å². The van der Waals surface area contributed by atoms with Crippen molar-refractivity contribution in [2.45, 2.75) is 47.1 Å². The van der Waals surface area contributed by atoms with Gasteiger partial charge in [0.2, 0.25) is 0 Å². The van der Waals surface area contributed by atoms with E-state index in [1.165, 1.54) is 0 Å². The molecule has 0 aromatic heterocycles. The minimum Gasteiger partial charge on any atom is -0.370 e. The van der Waals surface area contributed by atoms with Crippen molar-refractivity contribution in [3.63, 3.8) is 0 Å². The van der Waals surface area contributed by atoms with Gasteiger partial charge in [-0.25, -0.2) is 0 Å². The first-order valence-corrected chi connectivity index (χ1v) is 5.33. The van der Waals surface area contributed by atoms with Gasteiger partial charge >= 0.3 is 0 Å². The molecule has 0 aliphatic carbocycles. The van der Waals surface area contributed by atoms with Gasteiger partial charge in [0.25, 0.3) is 0 Å². The lowest BCUT2D eigenvalue weighted by Crippen LogP contribution is -2.46. The molecule has 0 saturated carbocycles. The summed E-state index contributed by atoms with van der Waals surface area (Å²) in [5.41, 5.74) is 6.10. The average Bonchev–Trinajstić information content (AvgIpc) is 2.10. The normalized spacial score (nSPS) is 15.4. The topological polar surface area (TPSA) is 41.6 Å². The molecule has 1 unspecified atom stereocenters. The van der Waals surface area contributed by atoms with Gasteiger partial charge in [-0.1, -0.05) is 27.7 Å². The SMILES string of the molecule is CCCN=C(N)N(C)C(C)C(C)(C)C. The number of hydrogen-bond donors (Lipinski definition) is 1. The molecule has 3 heteroatoms. The maximum absolute atomic E-state index is 5.88. The van der Waals surface area contributed by atoms with Crippen LogP contribution in [0.5, 0.6) is 0 Å². The Morgan fingerprint density at radius 3 is 2.29 bits per heavy atom. The number of nitrogens with two attached hydrogens (primary N) is 1. The Kier molecular flexibility index (Phi) is 4.95. The highest BCUT2D eigenvalue weighted by Crippen LogP contribution is 2.22. The Bertz CT molecular complexity index is 191. The minimum atomic E-state index is 0.223. The summed E-state index contributed by atoms with van der Waals surface area (Å²) in [6, 6.07) is 0.392. The summed E-state index contributed by atoms with van der Waals surface area (Å²) < 4.78 is 0. The highest BCUT2D eigenvalue weighted by molar-refractivity contribution is 5.78. The zero-order chi connectivity index (χ0) is 11.4. The fourth-order valence-electron chi connectivity index (χ4n) is 1.12. The Hall–Kier alpha value is -0.730. The Morgan fingerprint density at radius 2 is 1.93 bits per heavy atom. The monoisotopic (exact) mass is 199 g/mol. The Balaban J connectivity index is 4.38. The molecule has 0 saturated heterocycles. The van der Waals surface area contributed by atoms with Crippen LogP contribution in [0.4, 0.5) is 0 Å². The maximum atomic E-state index is 5.88. The van der Waals surface area contributed by atoms with Crippen molar-refractivity contribution in [3.05, 3.63) is 0 Å². The second-order valence-electron chi connectivity index (χ2n) is 4.89. The van der Waals surface area contributed by atoms with Crippen molar-refractivity contribution in [2.75, 3.05) is 13.6 Å². The van der Waals surface area contributed by atoms with Crippen molar-refractivity contribution in [2.24, 2.45) is 16.1 Å². The fraction of sp³-hybridized carbons (Fsp3) is 0.909. The average molecular weight is 199 g/mol. The van der Waals surface area contributed by atoms with Crippen LogP contribution in [0.2, 0.25) is 0 Å². The van der Waals surface area contributed by atoms with Crippen LogP contribution in [-0.4, -0.2) is 30.5 Å². The summed E-state index contributed by atoms with van der Waals surface area (Å²) in [5.74, 6) is 0.647. The largest absolute Gasteiger partial charge is 0.370 e. The molecule has 0 aromatic carbocycles. The van der Waals surface area contributed by atoms with Gasteiger partial charge in [0.05, 0.1) is 0 Å². The van der Waals surface area contributed by atoms with Crippen molar-refractivity contribution in [3.8, 4) is 0 Å². The molecule has 0 heterocycles. The zero-order valence-electron chi connectivity index (χ0n) is 10.5. The van der Waals surface area contributed by atoms with Crippen molar-refractivity contribution < 1.29 is 0 Å². The molecule has 2 N–H and O–H groups in total. The van der Waals surface area contributed by atoms with Gasteiger partial charge in [-0.2, -0.15) is 0 Å². The highest BCUT2D eigenvalue weighted by atomic mass is 15.3. The first-order valence-electron chi connectivity index (χ1n) is 5.33. The van der Waals surface area contributed by atoms with E-state index in [1.807, 2.05) is 7.05 Å². The van der Waals surface area contributed by atoms with Crippen LogP contribution >= 0.6 is 0 Å². The molecule has 0 radical (unpaired) electrons. The molecule has 0 rings (SSSR count). The molecule has 0 aliphatic rings. The minimum absolute atomic E-state index is 0.223. The second-order valence-corrected chi connectivity index (χ2v) is 4.89. The van der Waals surface area contributed by atoms with Gasteiger partial charge in [0, 0.05) is 19.6 Å². The van der Waals surface area contributed by atoms with Crippen molar-refractivity contribution >= 4 is 5.96 Å².